The standard InChI is InChI=1S/C15H16O4S/c1-9-4-5-12(16)14(8-9)20(18,19)15-11(3)6-10(2)7-13(15)17/h4-8,16-17H,1-3H3. The van der Waals surface area contributed by atoms with Crippen LogP contribution in [-0.4, -0.2) is 18.6 Å². The van der Waals surface area contributed by atoms with Gasteiger partial charge in [0, 0.05) is 0 Å². The normalized spacial score (nSPS) is 11.6. The second-order valence-electron chi connectivity index (χ2n) is 4.90. The van der Waals surface area contributed by atoms with Crippen LogP contribution in [-0.2, 0) is 9.84 Å². The Balaban J connectivity index is 2.77. The maximum absolute atomic E-state index is 12.6. The first-order valence-corrected chi connectivity index (χ1v) is 7.56. The molecule has 2 aromatic carbocycles. The number of phenols is 2. The number of benzene rings is 2. The van der Waals surface area contributed by atoms with Crippen molar-refractivity contribution in [1.82, 2.24) is 0 Å². The largest absolute Gasteiger partial charge is 0.507 e. The molecule has 106 valence electrons. The van der Waals surface area contributed by atoms with Crippen molar-refractivity contribution < 1.29 is 18.6 Å². The van der Waals surface area contributed by atoms with Gasteiger partial charge >= 0.3 is 0 Å². The summed E-state index contributed by atoms with van der Waals surface area (Å²) >= 11 is 0. The molecule has 0 saturated heterocycles. The average molecular weight is 292 g/mol. The zero-order valence-electron chi connectivity index (χ0n) is 11.5. The molecule has 0 aliphatic heterocycles. The highest BCUT2D eigenvalue weighted by Gasteiger charge is 2.27. The molecule has 0 saturated carbocycles. The van der Waals surface area contributed by atoms with Crippen molar-refractivity contribution in [1.29, 1.82) is 0 Å². The predicted molar refractivity (Wildman–Crippen MR) is 75.9 cm³/mol. The summed E-state index contributed by atoms with van der Waals surface area (Å²) in [5.74, 6) is -0.626. The smallest absolute Gasteiger partial charge is 0.214 e. The lowest BCUT2D eigenvalue weighted by Gasteiger charge is -2.12. The minimum absolute atomic E-state index is 0.163. The number of hydrogen-bond donors (Lipinski definition) is 2. The van der Waals surface area contributed by atoms with Crippen molar-refractivity contribution in [2.24, 2.45) is 0 Å². The first-order valence-electron chi connectivity index (χ1n) is 6.08. The van der Waals surface area contributed by atoms with E-state index in [0.29, 0.717) is 11.1 Å². The molecule has 0 heterocycles. The Kier molecular flexibility index (Phi) is 3.48. The fraction of sp³-hybridized carbons (Fsp3) is 0.200. The summed E-state index contributed by atoms with van der Waals surface area (Å²) in [6, 6.07) is 7.43. The Bertz CT molecular complexity index is 753. The molecular weight excluding hydrogens is 276 g/mol. The van der Waals surface area contributed by atoms with Gasteiger partial charge in [-0.15, -0.1) is 0 Å². The van der Waals surface area contributed by atoms with Crippen LogP contribution in [0.5, 0.6) is 11.5 Å². The highest BCUT2D eigenvalue weighted by Crippen LogP contribution is 2.36. The second kappa shape index (κ2) is 4.83. The van der Waals surface area contributed by atoms with Crippen molar-refractivity contribution in [3.63, 3.8) is 0 Å². The minimum atomic E-state index is -3.97. The number of sulfone groups is 1. The molecule has 4 nitrogen and oxygen atoms in total. The van der Waals surface area contributed by atoms with Gasteiger partial charge in [-0.25, -0.2) is 8.42 Å². The van der Waals surface area contributed by atoms with Gasteiger partial charge in [0.05, 0.1) is 0 Å². The van der Waals surface area contributed by atoms with Gasteiger partial charge in [-0.1, -0.05) is 12.1 Å². The summed E-state index contributed by atoms with van der Waals surface area (Å²) in [7, 11) is -3.97. The van der Waals surface area contributed by atoms with E-state index in [1.54, 1.807) is 32.9 Å². The fourth-order valence-electron chi connectivity index (χ4n) is 2.23. The maximum Gasteiger partial charge on any atom is 0.214 e. The Hall–Kier alpha value is -2.01. The molecule has 0 aliphatic rings. The van der Waals surface area contributed by atoms with Gasteiger partial charge in [0.25, 0.3) is 0 Å². The van der Waals surface area contributed by atoms with Gasteiger partial charge in [-0.3, -0.25) is 0 Å². The average Bonchev–Trinajstić information content (AvgIpc) is 2.30. The number of aromatic hydroxyl groups is 2. The van der Waals surface area contributed by atoms with E-state index in [1.165, 1.54) is 18.2 Å². The van der Waals surface area contributed by atoms with Crippen LogP contribution in [0.25, 0.3) is 0 Å². The van der Waals surface area contributed by atoms with Crippen LogP contribution in [0.4, 0.5) is 0 Å². The van der Waals surface area contributed by atoms with Crippen LogP contribution in [0.3, 0.4) is 0 Å². The van der Waals surface area contributed by atoms with Crippen molar-refractivity contribution in [3.8, 4) is 11.5 Å². The van der Waals surface area contributed by atoms with Gasteiger partial charge < -0.3 is 10.2 Å². The lowest BCUT2D eigenvalue weighted by atomic mass is 10.1. The third kappa shape index (κ3) is 2.36. The lowest BCUT2D eigenvalue weighted by molar-refractivity contribution is 0.452. The van der Waals surface area contributed by atoms with E-state index in [2.05, 4.69) is 0 Å². The SMILES string of the molecule is Cc1cc(C)c(S(=O)(=O)c2cc(C)ccc2O)c(O)c1. The van der Waals surface area contributed by atoms with Crippen LogP contribution in [0.15, 0.2) is 40.1 Å². The monoisotopic (exact) mass is 292 g/mol. The summed E-state index contributed by atoms with van der Waals surface area (Å²) in [5.41, 5.74) is 1.93. The zero-order chi connectivity index (χ0) is 15.1. The molecule has 0 unspecified atom stereocenters. The lowest BCUT2D eigenvalue weighted by Crippen LogP contribution is -2.05. The maximum atomic E-state index is 12.6. The summed E-state index contributed by atoms with van der Waals surface area (Å²) in [6.45, 7) is 5.13. The van der Waals surface area contributed by atoms with E-state index in [9.17, 15) is 18.6 Å². The molecule has 0 aromatic heterocycles. The Labute approximate surface area is 118 Å². The van der Waals surface area contributed by atoms with Crippen molar-refractivity contribution in [2.45, 2.75) is 30.6 Å². The van der Waals surface area contributed by atoms with Crippen LogP contribution in [0.2, 0.25) is 0 Å². The third-order valence-electron chi connectivity index (χ3n) is 3.07. The van der Waals surface area contributed by atoms with E-state index >= 15 is 0 Å². The molecule has 0 bridgehead atoms. The van der Waals surface area contributed by atoms with Gasteiger partial charge in [0.15, 0.2) is 0 Å². The second-order valence-corrected chi connectivity index (χ2v) is 6.76. The van der Waals surface area contributed by atoms with E-state index in [1.807, 2.05) is 0 Å². The van der Waals surface area contributed by atoms with Gasteiger partial charge in [0.2, 0.25) is 9.84 Å². The summed E-state index contributed by atoms with van der Waals surface area (Å²) in [5, 5.41) is 19.8. The summed E-state index contributed by atoms with van der Waals surface area (Å²) in [6.07, 6.45) is 0. The third-order valence-corrected chi connectivity index (χ3v) is 5.05. The van der Waals surface area contributed by atoms with Gasteiger partial charge in [0.1, 0.15) is 21.3 Å². The molecule has 0 atom stereocenters. The van der Waals surface area contributed by atoms with Crippen LogP contribution in [0, 0.1) is 20.8 Å². The quantitative estimate of drug-likeness (QED) is 0.892. The van der Waals surface area contributed by atoms with Gasteiger partial charge in [-0.05, 0) is 55.7 Å². The molecule has 0 radical (unpaired) electrons. The van der Waals surface area contributed by atoms with E-state index in [-0.39, 0.29) is 21.3 Å². The molecule has 0 aliphatic carbocycles. The summed E-state index contributed by atoms with van der Waals surface area (Å²) in [4.78, 5) is -0.358. The summed E-state index contributed by atoms with van der Waals surface area (Å²) < 4.78 is 25.3. The molecule has 2 rings (SSSR count). The van der Waals surface area contributed by atoms with E-state index in [4.69, 9.17) is 0 Å². The Morgan fingerprint density at radius 1 is 0.850 bits per heavy atom. The van der Waals surface area contributed by atoms with Crippen LogP contribution >= 0.6 is 0 Å². The first kappa shape index (κ1) is 14.4. The molecule has 5 heteroatoms. The minimum Gasteiger partial charge on any atom is -0.507 e. The number of hydrogen-bond acceptors (Lipinski definition) is 4. The van der Waals surface area contributed by atoms with Crippen molar-refractivity contribution in [2.75, 3.05) is 0 Å². The Morgan fingerprint density at radius 2 is 1.50 bits per heavy atom. The zero-order valence-corrected chi connectivity index (χ0v) is 12.3. The van der Waals surface area contributed by atoms with Crippen LogP contribution in [0.1, 0.15) is 16.7 Å². The highest BCUT2D eigenvalue weighted by molar-refractivity contribution is 7.91. The number of phenolic OH excluding ortho intramolecular Hbond substituents is 2. The molecule has 0 fully saturated rings. The number of rotatable bonds is 2. The van der Waals surface area contributed by atoms with Crippen LogP contribution < -0.4 is 0 Å². The Morgan fingerprint density at radius 3 is 2.10 bits per heavy atom. The molecule has 20 heavy (non-hydrogen) atoms. The predicted octanol–water partition coefficient (Wildman–Crippen LogP) is 2.86. The molecule has 2 N–H and O–H groups in total. The van der Waals surface area contributed by atoms with Crippen molar-refractivity contribution in [3.05, 3.63) is 47.0 Å². The fourth-order valence-corrected chi connectivity index (χ4v) is 3.95. The topological polar surface area (TPSA) is 74.6 Å². The molecule has 2 aromatic rings. The first-order chi connectivity index (χ1) is 9.23. The molecule has 0 spiro atoms. The van der Waals surface area contributed by atoms with Crippen molar-refractivity contribution >= 4 is 9.84 Å². The molecule has 0 amide bonds. The van der Waals surface area contributed by atoms with E-state index in [0.717, 1.165) is 5.56 Å². The molecular formula is C15H16O4S. The number of aryl methyl sites for hydroxylation is 3. The van der Waals surface area contributed by atoms with Gasteiger partial charge in [-0.2, -0.15) is 0 Å². The van der Waals surface area contributed by atoms with E-state index < -0.39 is 9.84 Å². The highest BCUT2D eigenvalue weighted by atomic mass is 32.2.